The smallest absolute Gasteiger partial charge is 0.354 e. The third-order valence-electron chi connectivity index (χ3n) is 6.89. The molecule has 0 bridgehead atoms. The number of rotatable bonds is 7. The first-order chi connectivity index (χ1) is 15.7. The molecule has 2 aromatic rings. The Hall–Kier alpha value is -3.09. The lowest BCUT2D eigenvalue weighted by molar-refractivity contribution is 0.0486. The Labute approximate surface area is 195 Å². The quantitative estimate of drug-likeness (QED) is 0.455. The third kappa shape index (κ3) is 4.68. The first kappa shape index (κ1) is 24.6. The molecule has 0 radical (unpaired) electrons. The lowest BCUT2D eigenvalue weighted by atomic mass is 9.90. The number of carbonyl (C=O) groups excluding carboxylic acids is 3. The van der Waals surface area contributed by atoms with Crippen molar-refractivity contribution in [1.82, 2.24) is 9.47 Å². The van der Waals surface area contributed by atoms with Crippen LogP contribution in [0.2, 0.25) is 0 Å². The Balaban J connectivity index is 2.01. The van der Waals surface area contributed by atoms with E-state index < -0.39 is 12.0 Å². The van der Waals surface area contributed by atoms with Gasteiger partial charge in [0.05, 0.1) is 20.3 Å². The molecule has 3 rings (SSSR count). The van der Waals surface area contributed by atoms with E-state index in [4.69, 9.17) is 9.47 Å². The van der Waals surface area contributed by atoms with Gasteiger partial charge in [-0.1, -0.05) is 19.3 Å². The second-order valence-electron chi connectivity index (χ2n) is 8.76. The summed E-state index contributed by atoms with van der Waals surface area (Å²) in [5, 5.41) is 0. The van der Waals surface area contributed by atoms with Gasteiger partial charge in [-0.3, -0.25) is 9.59 Å². The molecule has 1 aliphatic carbocycles. The van der Waals surface area contributed by atoms with Crippen LogP contribution in [0, 0.1) is 13.8 Å². The van der Waals surface area contributed by atoms with Crippen LogP contribution in [0.5, 0.6) is 5.75 Å². The minimum atomic E-state index is -0.673. The largest absolute Gasteiger partial charge is 0.497 e. The number of hydrogen-bond acceptors (Lipinski definition) is 5. The molecule has 1 fully saturated rings. The highest BCUT2D eigenvalue weighted by molar-refractivity contribution is 6.07. The molecular weight excluding hydrogens is 420 g/mol. The van der Waals surface area contributed by atoms with Crippen LogP contribution in [-0.2, 0) is 11.8 Å². The molecule has 1 aliphatic rings. The Morgan fingerprint density at radius 2 is 1.64 bits per heavy atom. The topological polar surface area (TPSA) is 77.8 Å². The Morgan fingerprint density at radius 1 is 1.03 bits per heavy atom. The van der Waals surface area contributed by atoms with Crippen molar-refractivity contribution in [2.24, 2.45) is 7.05 Å². The number of amides is 1. The second-order valence-corrected chi connectivity index (χ2v) is 8.76. The lowest BCUT2D eigenvalue weighted by Gasteiger charge is -2.38. The third-order valence-corrected chi connectivity index (χ3v) is 6.89. The molecule has 1 aromatic carbocycles. The van der Waals surface area contributed by atoms with Crippen molar-refractivity contribution in [3.8, 4) is 5.75 Å². The van der Waals surface area contributed by atoms with E-state index >= 15 is 0 Å². The van der Waals surface area contributed by atoms with Crippen molar-refractivity contribution in [1.29, 1.82) is 0 Å². The van der Waals surface area contributed by atoms with Gasteiger partial charge in [-0.25, -0.2) is 4.79 Å². The van der Waals surface area contributed by atoms with E-state index in [1.54, 1.807) is 61.7 Å². The van der Waals surface area contributed by atoms with Crippen LogP contribution in [0.15, 0.2) is 24.3 Å². The van der Waals surface area contributed by atoms with Crippen LogP contribution in [-0.4, -0.2) is 53.4 Å². The number of carbonyl (C=O) groups is 3. The van der Waals surface area contributed by atoms with Crippen molar-refractivity contribution in [2.75, 3.05) is 14.2 Å². The van der Waals surface area contributed by atoms with Crippen molar-refractivity contribution in [3.63, 3.8) is 0 Å². The average molecular weight is 455 g/mol. The first-order valence-corrected chi connectivity index (χ1v) is 11.5. The number of hydrogen-bond donors (Lipinski definition) is 0. The number of benzene rings is 1. The summed E-state index contributed by atoms with van der Waals surface area (Å²) in [5.74, 6) is -0.137. The van der Waals surface area contributed by atoms with E-state index in [1.807, 2.05) is 6.92 Å². The van der Waals surface area contributed by atoms with E-state index in [1.165, 1.54) is 7.11 Å². The first-order valence-electron chi connectivity index (χ1n) is 11.5. The molecule has 0 saturated heterocycles. The number of ether oxygens (including phenoxy) is 2. The fourth-order valence-electron chi connectivity index (χ4n) is 4.96. The van der Waals surface area contributed by atoms with Gasteiger partial charge in [0.2, 0.25) is 0 Å². The van der Waals surface area contributed by atoms with Gasteiger partial charge in [0, 0.05) is 29.9 Å². The molecule has 1 amide bonds. The standard InChI is InChI=1S/C26H34N2O5/c1-16-22(17(2)27(4)23(16)26(31)33-6)24(29)18(3)28(20-10-8-7-9-11-20)25(30)19-12-14-21(32-5)15-13-19/h12-15,18,20H,7-11H2,1-6H3. The minimum Gasteiger partial charge on any atom is -0.497 e. The molecule has 7 nitrogen and oxygen atoms in total. The second kappa shape index (κ2) is 10.2. The van der Waals surface area contributed by atoms with Gasteiger partial charge in [-0.2, -0.15) is 0 Å². The molecule has 178 valence electrons. The Morgan fingerprint density at radius 3 is 2.18 bits per heavy atom. The average Bonchev–Trinajstić information content (AvgIpc) is 3.06. The molecule has 1 atom stereocenters. The molecular formula is C26H34N2O5. The van der Waals surface area contributed by atoms with E-state index in [0.29, 0.717) is 33.8 Å². The van der Waals surface area contributed by atoms with Crippen LogP contribution >= 0.6 is 0 Å². The van der Waals surface area contributed by atoms with Gasteiger partial charge in [0.1, 0.15) is 11.4 Å². The summed E-state index contributed by atoms with van der Waals surface area (Å²) in [4.78, 5) is 41.5. The summed E-state index contributed by atoms with van der Waals surface area (Å²) >= 11 is 0. The normalized spacial score (nSPS) is 15.1. The monoisotopic (exact) mass is 454 g/mol. The van der Waals surface area contributed by atoms with Gasteiger partial charge in [0.15, 0.2) is 5.78 Å². The van der Waals surface area contributed by atoms with Crippen molar-refractivity contribution < 1.29 is 23.9 Å². The maximum atomic E-state index is 13.8. The van der Waals surface area contributed by atoms with E-state index in [2.05, 4.69) is 0 Å². The highest BCUT2D eigenvalue weighted by atomic mass is 16.5. The predicted molar refractivity (Wildman–Crippen MR) is 126 cm³/mol. The van der Waals surface area contributed by atoms with Crippen LogP contribution < -0.4 is 4.74 Å². The van der Waals surface area contributed by atoms with Gasteiger partial charge in [-0.05, 0) is 63.4 Å². The van der Waals surface area contributed by atoms with E-state index in [9.17, 15) is 14.4 Å². The number of ketones is 1. The number of esters is 1. The SMILES string of the molecule is COC(=O)c1c(C)c(C(=O)C(C)N(C(=O)c2ccc(OC)cc2)C2CCCCC2)c(C)n1C. The van der Waals surface area contributed by atoms with E-state index in [-0.39, 0.29) is 17.7 Å². The maximum Gasteiger partial charge on any atom is 0.354 e. The summed E-state index contributed by atoms with van der Waals surface area (Å²) in [5.41, 5.74) is 2.63. The van der Waals surface area contributed by atoms with Crippen molar-refractivity contribution in [2.45, 2.75) is 65.0 Å². The number of Topliss-reactive ketones (excluding diaryl/α,β-unsaturated/α-hetero) is 1. The number of methoxy groups -OCH3 is 2. The fourth-order valence-corrected chi connectivity index (χ4v) is 4.96. The van der Waals surface area contributed by atoms with Gasteiger partial charge in [0.25, 0.3) is 5.91 Å². The van der Waals surface area contributed by atoms with Gasteiger partial charge >= 0.3 is 5.97 Å². The summed E-state index contributed by atoms with van der Waals surface area (Å²) in [6, 6.07) is 6.31. The molecule has 7 heteroatoms. The zero-order valence-electron chi connectivity index (χ0n) is 20.4. The molecule has 1 aromatic heterocycles. The Bertz CT molecular complexity index is 1030. The molecule has 1 heterocycles. The van der Waals surface area contributed by atoms with Crippen LogP contribution in [0.4, 0.5) is 0 Å². The van der Waals surface area contributed by atoms with Crippen LogP contribution in [0.3, 0.4) is 0 Å². The number of aromatic nitrogens is 1. The van der Waals surface area contributed by atoms with Crippen molar-refractivity contribution in [3.05, 3.63) is 52.3 Å². The zero-order chi connectivity index (χ0) is 24.3. The maximum absolute atomic E-state index is 13.8. The van der Waals surface area contributed by atoms with Gasteiger partial charge < -0.3 is 18.9 Å². The predicted octanol–water partition coefficient (Wildman–Crippen LogP) is 4.48. The van der Waals surface area contributed by atoms with Crippen molar-refractivity contribution >= 4 is 17.7 Å². The molecule has 33 heavy (non-hydrogen) atoms. The van der Waals surface area contributed by atoms with Crippen LogP contribution in [0.1, 0.15) is 81.5 Å². The molecule has 1 unspecified atom stereocenters. The summed E-state index contributed by atoms with van der Waals surface area (Å²) < 4.78 is 11.8. The lowest BCUT2D eigenvalue weighted by Crippen LogP contribution is -2.50. The molecule has 1 saturated carbocycles. The molecule has 0 aliphatic heterocycles. The summed E-state index contributed by atoms with van der Waals surface area (Å²) in [7, 11) is 4.66. The molecule has 0 spiro atoms. The zero-order valence-corrected chi connectivity index (χ0v) is 20.4. The number of nitrogens with zero attached hydrogens (tertiary/aromatic N) is 2. The van der Waals surface area contributed by atoms with Crippen LogP contribution in [0.25, 0.3) is 0 Å². The van der Waals surface area contributed by atoms with Gasteiger partial charge in [-0.15, -0.1) is 0 Å². The Kier molecular flexibility index (Phi) is 7.61. The van der Waals surface area contributed by atoms with E-state index in [0.717, 1.165) is 32.1 Å². The summed E-state index contributed by atoms with van der Waals surface area (Å²) in [6.45, 7) is 5.37. The highest BCUT2D eigenvalue weighted by Crippen LogP contribution is 2.30. The summed E-state index contributed by atoms with van der Waals surface area (Å²) in [6.07, 6.45) is 4.96. The molecule has 0 N–H and O–H groups in total. The highest BCUT2D eigenvalue weighted by Gasteiger charge is 2.36. The fraction of sp³-hybridized carbons (Fsp3) is 0.500. The minimum absolute atomic E-state index is 0.00305.